The third kappa shape index (κ3) is 2.33. The van der Waals surface area contributed by atoms with Gasteiger partial charge in [0.25, 0.3) is 0 Å². The number of methoxy groups -OCH3 is 2. The van der Waals surface area contributed by atoms with E-state index in [1.807, 2.05) is 12.1 Å². The molecular weight excluding hydrogens is 224 g/mol. The third-order valence-electron chi connectivity index (χ3n) is 3.09. The summed E-state index contributed by atoms with van der Waals surface area (Å²) in [6, 6.07) is 12.5. The van der Waals surface area contributed by atoms with Crippen molar-refractivity contribution in [2.24, 2.45) is 0 Å². The minimum atomic E-state index is 0.756. The highest BCUT2D eigenvalue weighted by molar-refractivity contribution is 5.70. The van der Waals surface area contributed by atoms with Gasteiger partial charge in [0.15, 0.2) is 11.5 Å². The fourth-order valence-corrected chi connectivity index (χ4v) is 2.05. The first-order chi connectivity index (χ1) is 8.65. The summed E-state index contributed by atoms with van der Waals surface area (Å²) in [6.07, 6.45) is 0. The lowest BCUT2D eigenvalue weighted by molar-refractivity contribution is 0.355. The number of rotatable bonds is 3. The van der Waals surface area contributed by atoms with Gasteiger partial charge in [-0.1, -0.05) is 29.8 Å². The number of benzene rings is 2. The van der Waals surface area contributed by atoms with E-state index in [0.717, 1.165) is 17.1 Å². The molecule has 0 aliphatic carbocycles. The van der Waals surface area contributed by atoms with Crippen LogP contribution in [0.3, 0.4) is 0 Å². The largest absolute Gasteiger partial charge is 0.493 e. The van der Waals surface area contributed by atoms with Crippen LogP contribution in [0, 0.1) is 13.8 Å². The van der Waals surface area contributed by atoms with Crippen molar-refractivity contribution in [3.63, 3.8) is 0 Å². The fourth-order valence-electron chi connectivity index (χ4n) is 2.05. The Kier molecular flexibility index (Phi) is 3.56. The molecular formula is C16H18O2. The molecule has 0 aromatic heterocycles. The van der Waals surface area contributed by atoms with Gasteiger partial charge in [-0.05, 0) is 42.7 Å². The SMILES string of the molecule is COc1ccc(-c2cc(C)ccc2C)cc1OC. The lowest BCUT2D eigenvalue weighted by atomic mass is 9.98. The first-order valence-electron chi connectivity index (χ1n) is 5.95. The molecule has 0 saturated heterocycles. The maximum Gasteiger partial charge on any atom is 0.161 e. The second-order valence-corrected chi connectivity index (χ2v) is 4.39. The van der Waals surface area contributed by atoms with Crippen LogP contribution in [-0.4, -0.2) is 14.2 Å². The van der Waals surface area contributed by atoms with Crippen LogP contribution >= 0.6 is 0 Å². The molecule has 0 bridgehead atoms. The second-order valence-electron chi connectivity index (χ2n) is 4.39. The van der Waals surface area contributed by atoms with E-state index in [-0.39, 0.29) is 0 Å². The number of hydrogen-bond donors (Lipinski definition) is 0. The summed E-state index contributed by atoms with van der Waals surface area (Å²) in [4.78, 5) is 0. The van der Waals surface area contributed by atoms with Crippen molar-refractivity contribution in [1.82, 2.24) is 0 Å². The quantitative estimate of drug-likeness (QED) is 0.810. The highest BCUT2D eigenvalue weighted by atomic mass is 16.5. The Labute approximate surface area is 108 Å². The highest BCUT2D eigenvalue weighted by Crippen LogP contribution is 2.33. The topological polar surface area (TPSA) is 18.5 Å². The van der Waals surface area contributed by atoms with Crippen molar-refractivity contribution in [2.45, 2.75) is 13.8 Å². The standard InChI is InChI=1S/C16H18O2/c1-11-5-6-12(2)14(9-11)13-7-8-15(17-3)16(10-13)18-4/h5-10H,1-4H3. The molecule has 0 atom stereocenters. The van der Waals surface area contributed by atoms with Gasteiger partial charge in [0.05, 0.1) is 14.2 Å². The first-order valence-corrected chi connectivity index (χ1v) is 5.95. The van der Waals surface area contributed by atoms with Gasteiger partial charge >= 0.3 is 0 Å². The van der Waals surface area contributed by atoms with Crippen LogP contribution in [0.1, 0.15) is 11.1 Å². The molecule has 94 valence electrons. The van der Waals surface area contributed by atoms with E-state index in [2.05, 4.69) is 38.1 Å². The molecule has 0 aliphatic rings. The Morgan fingerprint density at radius 3 is 2.17 bits per heavy atom. The van der Waals surface area contributed by atoms with E-state index in [1.165, 1.54) is 16.7 Å². The Bertz CT molecular complexity index is 559. The Hall–Kier alpha value is -1.96. The van der Waals surface area contributed by atoms with Gasteiger partial charge in [0.2, 0.25) is 0 Å². The van der Waals surface area contributed by atoms with Crippen molar-refractivity contribution >= 4 is 0 Å². The number of hydrogen-bond acceptors (Lipinski definition) is 2. The molecule has 0 saturated carbocycles. The zero-order chi connectivity index (χ0) is 13.1. The molecule has 2 heteroatoms. The van der Waals surface area contributed by atoms with E-state index in [1.54, 1.807) is 14.2 Å². The number of ether oxygens (including phenoxy) is 2. The predicted molar refractivity (Wildman–Crippen MR) is 74.5 cm³/mol. The fraction of sp³-hybridized carbons (Fsp3) is 0.250. The van der Waals surface area contributed by atoms with Gasteiger partial charge in [-0.25, -0.2) is 0 Å². The van der Waals surface area contributed by atoms with E-state index in [4.69, 9.17) is 9.47 Å². The van der Waals surface area contributed by atoms with E-state index >= 15 is 0 Å². The monoisotopic (exact) mass is 242 g/mol. The first kappa shape index (κ1) is 12.5. The molecule has 2 aromatic rings. The Morgan fingerprint density at radius 2 is 1.50 bits per heavy atom. The molecule has 0 spiro atoms. The lowest BCUT2D eigenvalue weighted by Gasteiger charge is -2.12. The van der Waals surface area contributed by atoms with Crippen LogP contribution in [0.4, 0.5) is 0 Å². The number of aryl methyl sites for hydroxylation is 2. The molecule has 0 unspecified atom stereocenters. The highest BCUT2D eigenvalue weighted by Gasteiger charge is 2.08. The zero-order valence-electron chi connectivity index (χ0n) is 11.3. The van der Waals surface area contributed by atoms with Crippen LogP contribution in [0.5, 0.6) is 11.5 Å². The summed E-state index contributed by atoms with van der Waals surface area (Å²) >= 11 is 0. The minimum absolute atomic E-state index is 0.756. The van der Waals surface area contributed by atoms with Crippen LogP contribution in [0.15, 0.2) is 36.4 Å². The van der Waals surface area contributed by atoms with Crippen LogP contribution < -0.4 is 9.47 Å². The van der Waals surface area contributed by atoms with Gasteiger partial charge in [0.1, 0.15) is 0 Å². The van der Waals surface area contributed by atoms with Gasteiger partial charge < -0.3 is 9.47 Å². The van der Waals surface area contributed by atoms with Crippen LogP contribution in [0.25, 0.3) is 11.1 Å². The molecule has 2 aromatic carbocycles. The van der Waals surface area contributed by atoms with Gasteiger partial charge in [-0.2, -0.15) is 0 Å². The van der Waals surface area contributed by atoms with Crippen molar-refractivity contribution in [3.8, 4) is 22.6 Å². The molecule has 0 aliphatic heterocycles. The van der Waals surface area contributed by atoms with Crippen LogP contribution in [0.2, 0.25) is 0 Å². The molecule has 18 heavy (non-hydrogen) atoms. The molecule has 0 amide bonds. The summed E-state index contributed by atoms with van der Waals surface area (Å²) in [6.45, 7) is 4.22. The Morgan fingerprint density at radius 1 is 0.778 bits per heavy atom. The maximum absolute atomic E-state index is 5.34. The molecule has 0 heterocycles. The summed E-state index contributed by atoms with van der Waals surface area (Å²) in [5, 5.41) is 0. The smallest absolute Gasteiger partial charge is 0.161 e. The minimum Gasteiger partial charge on any atom is -0.493 e. The third-order valence-corrected chi connectivity index (χ3v) is 3.09. The molecule has 0 N–H and O–H groups in total. The van der Waals surface area contributed by atoms with Crippen molar-refractivity contribution in [2.75, 3.05) is 14.2 Å². The average molecular weight is 242 g/mol. The molecule has 2 nitrogen and oxygen atoms in total. The summed E-state index contributed by atoms with van der Waals surface area (Å²) < 4.78 is 10.6. The average Bonchev–Trinajstić information content (AvgIpc) is 2.40. The van der Waals surface area contributed by atoms with Crippen molar-refractivity contribution in [1.29, 1.82) is 0 Å². The van der Waals surface area contributed by atoms with Gasteiger partial charge in [-0.3, -0.25) is 0 Å². The molecule has 0 radical (unpaired) electrons. The predicted octanol–water partition coefficient (Wildman–Crippen LogP) is 3.99. The summed E-state index contributed by atoms with van der Waals surface area (Å²) in [5.41, 5.74) is 4.89. The van der Waals surface area contributed by atoms with Crippen LogP contribution in [-0.2, 0) is 0 Å². The lowest BCUT2D eigenvalue weighted by Crippen LogP contribution is -1.92. The van der Waals surface area contributed by atoms with Gasteiger partial charge in [-0.15, -0.1) is 0 Å². The van der Waals surface area contributed by atoms with E-state index in [9.17, 15) is 0 Å². The normalized spacial score (nSPS) is 10.2. The Balaban J connectivity index is 2.54. The van der Waals surface area contributed by atoms with Crippen molar-refractivity contribution in [3.05, 3.63) is 47.5 Å². The van der Waals surface area contributed by atoms with Crippen molar-refractivity contribution < 1.29 is 9.47 Å². The second kappa shape index (κ2) is 5.13. The van der Waals surface area contributed by atoms with Gasteiger partial charge in [0, 0.05) is 0 Å². The maximum atomic E-state index is 5.34. The van der Waals surface area contributed by atoms with E-state index in [0.29, 0.717) is 0 Å². The molecule has 2 rings (SSSR count). The van der Waals surface area contributed by atoms with E-state index < -0.39 is 0 Å². The molecule has 0 fully saturated rings. The zero-order valence-corrected chi connectivity index (χ0v) is 11.3. The summed E-state index contributed by atoms with van der Waals surface area (Å²) in [5.74, 6) is 1.52. The summed E-state index contributed by atoms with van der Waals surface area (Å²) in [7, 11) is 3.31.